The second-order valence-electron chi connectivity index (χ2n) is 5.16. The highest BCUT2D eigenvalue weighted by molar-refractivity contribution is 4.86. The molecular formula is C12H25N. The van der Waals surface area contributed by atoms with Crippen molar-refractivity contribution in [3.8, 4) is 0 Å². The Morgan fingerprint density at radius 1 is 1.23 bits per heavy atom. The molecule has 0 aromatic carbocycles. The fraction of sp³-hybridized carbons (Fsp3) is 1.00. The Bertz CT molecular complexity index is 143. The van der Waals surface area contributed by atoms with E-state index in [1.807, 2.05) is 0 Å². The minimum Gasteiger partial charge on any atom is -0.313 e. The highest BCUT2D eigenvalue weighted by Crippen LogP contribution is 2.32. The van der Waals surface area contributed by atoms with Crippen molar-refractivity contribution in [3.05, 3.63) is 0 Å². The van der Waals surface area contributed by atoms with Crippen LogP contribution in [-0.2, 0) is 0 Å². The van der Waals surface area contributed by atoms with Gasteiger partial charge in [-0.2, -0.15) is 0 Å². The lowest BCUT2D eigenvalue weighted by molar-refractivity contribution is 0.191. The van der Waals surface area contributed by atoms with Gasteiger partial charge in [0.05, 0.1) is 0 Å². The van der Waals surface area contributed by atoms with E-state index in [0.717, 1.165) is 12.0 Å². The summed E-state index contributed by atoms with van der Waals surface area (Å²) in [5.74, 6) is 0.874. The zero-order valence-electron chi connectivity index (χ0n) is 9.69. The Morgan fingerprint density at radius 3 is 2.15 bits per heavy atom. The predicted octanol–water partition coefficient (Wildman–Crippen LogP) is 3.20. The fourth-order valence-corrected chi connectivity index (χ4v) is 2.23. The van der Waals surface area contributed by atoms with Gasteiger partial charge in [-0.05, 0) is 24.2 Å². The minimum absolute atomic E-state index is 0.478. The van der Waals surface area contributed by atoms with Gasteiger partial charge in [0.15, 0.2) is 0 Å². The van der Waals surface area contributed by atoms with Crippen molar-refractivity contribution < 1.29 is 0 Å². The van der Waals surface area contributed by atoms with Gasteiger partial charge < -0.3 is 5.32 Å². The van der Waals surface area contributed by atoms with Crippen molar-refractivity contribution in [1.29, 1.82) is 0 Å². The van der Waals surface area contributed by atoms with Crippen LogP contribution >= 0.6 is 0 Å². The third kappa shape index (κ3) is 3.30. The van der Waals surface area contributed by atoms with Crippen LogP contribution in [0.5, 0.6) is 0 Å². The first-order valence-electron chi connectivity index (χ1n) is 5.83. The Labute approximate surface area is 83.3 Å². The van der Waals surface area contributed by atoms with Crippen molar-refractivity contribution in [2.75, 3.05) is 6.54 Å². The van der Waals surface area contributed by atoms with Gasteiger partial charge in [-0.1, -0.05) is 40.5 Å². The molecule has 1 saturated carbocycles. The molecule has 0 atom stereocenters. The molecule has 1 aliphatic carbocycles. The summed E-state index contributed by atoms with van der Waals surface area (Å²) in [6, 6.07) is 0.855. The molecule has 0 aromatic heterocycles. The summed E-state index contributed by atoms with van der Waals surface area (Å²) in [7, 11) is 0. The largest absolute Gasteiger partial charge is 0.313 e. The Morgan fingerprint density at radius 2 is 1.77 bits per heavy atom. The van der Waals surface area contributed by atoms with E-state index in [1.54, 1.807) is 0 Å². The van der Waals surface area contributed by atoms with Gasteiger partial charge in [-0.15, -0.1) is 0 Å². The lowest BCUT2D eigenvalue weighted by Gasteiger charge is -2.33. The van der Waals surface area contributed by atoms with E-state index >= 15 is 0 Å². The molecule has 0 spiro atoms. The molecule has 0 saturated heterocycles. The second-order valence-corrected chi connectivity index (χ2v) is 5.16. The molecule has 1 N–H and O–H groups in total. The summed E-state index contributed by atoms with van der Waals surface area (Å²) in [5.41, 5.74) is 0.478. The van der Waals surface area contributed by atoms with Gasteiger partial charge >= 0.3 is 0 Å². The van der Waals surface area contributed by atoms with Crippen LogP contribution in [0.15, 0.2) is 0 Å². The van der Waals surface area contributed by atoms with E-state index in [4.69, 9.17) is 0 Å². The summed E-state index contributed by atoms with van der Waals surface area (Å²) < 4.78 is 0. The summed E-state index contributed by atoms with van der Waals surface area (Å²) in [5, 5.41) is 3.65. The van der Waals surface area contributed by atoms with Gasteiger partial charge in [0.2, 0.25) is 0 Å². The van der Waals surface area contributed by atoms with Crippen molar-refractivity contribution in [2.45, 2.75) is 59.4 Å². The average Bonchev–Trinajstić information content (AvgIpc) is 2.85. The van der Waals surface area contributed by atoms with E-state index in [0.29, 0.717) is 5.41 Å². The normalized spacial score (nSPS) is 18.2. The number of hydrogen-bond donors (Lipinski definition) is 1. The Kier molecular flexibility index (Phi) is 3.78. The third-order valence-electron chi connectivity index (χ3n) is 3.51. The minimum atomic E-state index is 0.478. The molecule has 13 heavy (non-hydrogen) atoms. The molecule has 1 rings (SSSR count). The second kappa shape index (κ2) is 4.45. The summed E-state index contributed by atoms with van der Waals surface area (Å²) in [6.07, 6.45) is 5.43. The van der Waals surface area contributed by atoms with Gasteiger partial charge in [0.25, 0.3) is 0 Å². The molecule has 78 valence electrons. The molecule has 1 heteroatoms. The van der Waals surface area contributed by atoms with Crippen LogP contribution < -0.4 is 5.32 Å². The van der Waals surface area contributed by atoms with Crippen molar-refractivity contribution in [3.63, 3.8) is 0 Å². The first kappa shape index (κ1) is 11.0. The zero-order chi connectivity index (χ0) is 9.90. The maximum atomic E-state index is 3.65. The molecule has 0 aromatic rings. The van der Waals surface area contributed by atoms with Crippen LogP contribution in [0, 0.1) is 11.3 Å². The molecule has 0 bridgehead atoms. The molecule has 1 nitrogen and oxygen atoms in total. The summed E-state index contributed by atoms with van der Waals surface area (Å²) in [6.45, 7) is 10.6. The zero-order valence-corrected chi connectivity index (χ0v) is 9.69. The van der Waals surface area contributed by atoms with Crippen molar-refractivity contribution in [1.82, 2.24) is 5.32 Å². The van der Waals surface area contributed by atoms with Crippen LogP contribution in [0.1, 0.15) is 53.4 Å². The van der Waals surface area contributed by atoms with Crippen LogP contribution in [-0.4, -0.2) is 12.6 Å². The van der Waals surface area contributed by atoms with E-state index in [-0.39, 0.29) is 0 Å². The van der Waals surface area contributed by atoms with Gasteiger partial charge in [-0.3, -0.25) is 0 Å². The Hall–Kier alpha value is -0.0400. The standard InChI is InChI=1S/C12H25N/c1-5-10(6-2)12(3,4)9-13-11-7-8-11/h10-11,13H,5-9H2,1-4H3. The lowest BCUT2D eigenvalue weighted by atomic mass is 9.76. The quantitative estimate of drug-likeness (QED) is 0.667. The first-order chi connectivity index (χ1) is 6.10. The van der Waals surface area contributed by atoms with Crippen LogP contribution in [0.4, 0.5) is 0 Å². The van der Waals surface area contributed by atoms with Crippen molar-refractivity contribution in [2.24, 2.45) is 11.3 Å². The first-order valence-corrected chi connectivity index (χ1v) is 5.83. The van der Waals surface area contributed by atoms with E-state index in [9.17, 15) is 0 Å². The van der Waals surface area contributed by atoms with Crippen LogP contribution in [0.3, 0.4) is 0 Å². The predicted molar refractivity (Wildman–Crippen MR) is 58.9 cm³/mol. The highest BCUT2D eigenvalue weighted by atomic mass is 15.0. The van der Waals surface area contributed by atoms with E-state index < -0.39 is 0 Å². The fourth-order valence-electron chi connectivity index (χ4n) is 2.23. The third-order valence-corrected chi connectivity index (χ3v) is 3.51. The number of nitrogens with one attached hydrogen (secondary N) is 1. The Balaban J connectivity index is 2.31. The summed E-state index contributed by atoms with van der Waals surface area (Å²) in [4.78, 5) is 0. The monoisotopic (exact) mass is 183 g/mol. The van der Waals surface area contributed by atoms with Gasteiger partial charge in [-0.25, -0.2) is 0 Å². The average molecular weight is 183 g/mol. The van der Waals surface area contributed by atoms with E-state index in [1.165, 1.54) is 32.2 Å². The molecular weight excluding hydrogens is 158 g/mol. The van der Waals surface area contributed by atoms with Gasteiger partial charge in [0, 0.05) is 12.6 Å². The molecule has 1 fully saturated rings. The molecule has 0 radical (unpaired) electrons. The maximum absolute atomic E-state index is 3.65. The number of rotatable bonds is 6. The van der Waals surface area contributed by atoms with E-state index in [2.05, 4.69) is 33.0 Å². The molecule has 0 unspecified atom stereocenters. The molecule has 0 aliphatic heterocycles. The van der Waals surface area contributed by atoms with Gasteiger partial charge in [0.1, 0.15) is 0 Å². The molecule has 0 amide bonds. The maximum Gasteiger partial charge on any atom is 0.00684 e. The van der Waals surface area contributed by atoms with Crippen LogP contribution in [0.25, 0.3) is 0 Å². The smallest absolute Gasteiger partial charge is 0.00684 e. The highest BCUT2D eigenvalue weighted by Gasteiger charge is 2.29. The van der Waals surface area contributed by atoms with Crippen LogP contribution in [0.2, 0.25) is 0 Å². The molecule has 0 heterocycles. The topological polar surface area (TPSA) is 12.0 Å². The SMILES string of the molecule is CCC(CC)C(C)(C)CNC1CC1. The van der Waals surface area contributed by atoms with Crippen molar-refractivity contribution >= 4 is 0 Å². The summed E-state index contributed by atoms with van der Waals surface area (Å²) >= 11 is 0. The molecule has 1 aliphatic rings. The lowest BCUT2D eigenvalue weighted by Crippen LogP contribution is -2.36. The number of hydrogen-bond acceptors (Lipinski definition) is 1.